The first-order valence-corrected chi connectivity index (χ1v) is 10.5. The number of aryl methyl sites for hydroxylation is 3. The molecule has 164 valence electrons. The zero-order valence-corrected chi connectivity index (χ0v) is 18.3. The minimum Gasteiger partial charge on any atom is -0.457 e. The summed E-state index contributed by atoms with van der Waals surface area (Å²) in [7, 11) is 0. The second kappa shape index (κ2) is 9.37. The highest BCUT2D eigenvalue weighted by molar-refractivity contribution is 5.91. The minimum atomic E-state index is -0.199. The fourth-order valence-corrected chi connectivity index (χ4v) is 3.50. The largest absolute Gasteiger partial charge is 0.457 e. The molecule has 7 nitrogen and oxygen atoms in total. The summed E-state index contributed by atoms with van der Waals surface area (Å²) in [5, 5.41) is 12.3. The maximum atomic E-state index is 12.7. The number of carbonyl (C=O) groups excluding carboxylic acids is 1. The van der Waals surface area contributed by atoms with Crippen LogP contribution in [0.1, 0.15) is 23.1 Å². The second-order valence-electron chi connectivity index (χ2n) is 7.73. The van der Waals surface area contributed by atoms with Gasteiger partial charge in [0.1, 0.15) is 11.5 Å². The molecule has 4 rings (SSSR count). The first kappa shape index (κ1) is 21.8. The third-order valence-electron chi connectivity index (χ3n) is 5.33. The van der Waals surface area contributed by atoms with Gasteiger partial charge in [0.15, 0.2) is 0 Å². The number of benzene rings is 3. The Bertz CT molecular complexity index is 1430. The average molecular weight is 438 g/mol. The zero-order chi connectivity index (χ0) is 23.4. The van der Waals surface area contributed by atoms with Crippen LogP contribution in [0.5, 0.6) is 11.5 Å². The normalized spacial score (nSPS) is 10.6. The average Bonchev–Trinajstić information content (AvgIpc) is 2.81. The summed E-state index contributed by atoms with van der Waals surface area (Å²) in [5.74, 6) is 1.05. The molecule has 0 spiro atoms. The van der Waals surface area contributed by atoms with E-state index in [9.17, 15) is 9.59 Å². The Balaban J connectivity index is 1.39. The van der Waals surface area contributed by atoms with E-state index in [4.69, 9.17) is 10.00 Å². The molecule has 0 aliphatic rings. The molecule has 0 unspecified atom stereocenters. The number of hydrogen-bond acceptors (Lipinski definition) is 5. The maximum Gasteiger partial charge on any atom is 0.261 e. The van der Waals surface area contributed by atoms with Gasteiger partial charge in [-0.05, 0) is 73.5 Å². The van der Waals surface area contributed by atoms with Gasteiger partial charge < -0.3 is 10.1 Å². The summed E-state index contributed by atoms with van der Waals surface area (Å²) >= 11 is 0. The molecule has 33 heavy (non-hydrogen) atoms. The van der Waals surface area contributed by atoms with E-state index in [1.165, 1.54) is 10.9 Å². The number of nitriles is 1. The maximum absolute atomic E-state index is 12.7. The third kappa shape index (κ3) is 4.91. The second-order valence-corrected chi connectivity index (χ2v) is 7.73. The first-order chi connectivity index (χ1) is 15.9. The van der Waals surface area contributed by atoms with Crippen LogP contribution in [0.25, 0.3) is 10.9 Å². The van der Waals surface area contributed by atoms with Gasteiger partial charge in [0, 0.05) is 18.7 Å². The molecule has 0 atom stereocenters. The van der Waals surface area contributed by atoms with E-state index in [1.54, 1.807) is 42.5 Å². The van der Waals surface area contributed by atoms with E-state index in [1.807, 2.05) is 32.0 Å². The molecule has 1 heterocycles. The Morgan fingerprint density at radius 1 is 1.06 bits per heavy atom. The summed E-state index contributed by atoms with van der Waals surface area (Å²) in [6.45, 7) is 4.03. The molecule has 0 radical (unpaired) electrons. The lowest BCUT2D eigenvalue weighted by Crippen LogP contribution is -2.24. The molecule has 0 aliphatic carbocycles. The number of rotatable bonds is 6. The Morgan fingerprint density at radius 2 is 1.82 bits per heavy atom. The number of para-hydroxylation sites is 1. The zero-order valence-electron chi connectivity index (χ0n) is 18.3. The number of ether oxygens (including phenoxy) is 1. The number of nitrogens with zero attached hydrogens (tertiary/aromatic N) is 3. The molecule has 0 aliphatic heterocycles. The van der Waals surface area contributed by atoms with Crippen molar-refractivity contribution in [3.05, 3.63) is 94.0 Å². The molecule has 0 saturated carbocycles. The topological polar surface area (TPSA) is 97.0 Å². The number of carbonyl (C=O) groups is 1. The van der Waals surface area contributed by atoms with Crippen molar-refractivity contribution < 1.29 is 9.53 Å². The number of aromatic nitrogens is 2. The molecule has 1 N–H and O–H groups in total. The van der Waals surface area contributed by atoms with Gasteiger partial charge in [-0.15, -0.1) is 0 Å². The van der Waals surface area contributed by atoms with Crippen LogP contribution in [0.2, 0.25) is 0 Å². The summed E-state index contributed by atoms with van der Waals surface area (Å²) in [4.78, 5) is 29.6. The van der Waals surface area contributed by atoms with Crippen LogP contribution < -0.4 is 15.6 Å². The van der Waals surface area contributed by atoms with Crippen LogP contribution in [-0.4, -0.2) is 15.5 Å². The van der Waals surface area contributed by atoms with Crippen molar-refractivity contribution in [3.8, 4) is 17.6 Å². The summed E-state index contributed by atoms with van der Waals surface area (Å²) in [6, 6.07) is 19.8. The number of hydrogen-bond donors (Lipinski definition) is 1. The van der Waals surface area contributed by atoms with Gasteiger partial charge in [-0.1, -0.05) is 12.1 Å². The number of anilines is 1. The summed E-state index contributed by atoms with van der Waals surface area (Å²) < 4.78 is 7.27. The molecule has 4 aromatic rings. The van der Waals surface area contributed by atoms with Gasteiger partial charge in [-0.3, -0.25) is 14.2 Å². The molecular formula is C26H22N4O3. The lowest BCUT2D eigenvalue weighted by atomic mass is 10.1. The quantitative estimate of drug-likeness (QED) is 0.470. The Morgan fingerprint density at radius 3 is 2.55 bits per heavy atom. The minimum absolute atomic E-state index is 0.141. The van der Waals surface area contributed by atoms with Gasteiger partial charge >= 0.3 is 0 Å². The van der Waals surface area contributed by atoms with E-state index >= 15 is 0 Å². The van der Waals surface area contributed by atoms with Gasteiger partial charge in [0.25, 0.3) is 5.56 Å². The van der Waals surface area contributed by atoms with E-state index in [0.717, 1.165) is 11.1 Å². The number of amides is 1. The molecule has 0 fully saturated rings. The van der Waals surface area contributed by atoms with Crippen LogP contribution in [0.15, 0.2) is 71.8 Å². The monoisotopic (exact) mass is 438 g/mol. The van der Waals surface area contributed by atoms with Crippen LogP contribution in [0.4, 0.5) is 5.69 Å². The first-order valence-electron chi connectivity index (χ1n) is 10.5. The highest BCUT2D eigenvalue weighted by Gasteiger charge is 2.10. The van der Waals surface area contributed by atoms with Gasteiger partial charge in [0.05, 0.1) is 28.9 Å². The summed E-state index contributed by atoms with van der Waals surface area (Å²) in [5.41, 5.74) is 3.55. The number of fused-ring (bicyclic) bond motifs is 1. The highest BCUT2D eigenvalue weighted by Crippen LogP contribution is 2.26. The van der Waals surface area contributed by atoms with Crippen molar-refractivity contribution in [1.29, 1.82) is 5.26 Å². The van der Waals surface area contributed by atoms with E-state index in [2.05, 4.69) is 16.4 Å². The highest BCUT2D eigenvalue weighted by atomic mass is 16.5. The third-order valence-corrected chi connectivity index (χ3v) is 5.33. The van der Waals surface area contributed by atoms with Crippen LogP contribution in [0.3, 0.4) is 0 Å². The molecule has 1 amide bonds. The van der Waals surface area contributed by atoms with Crippen LogP contribution >= 0.6 is 0 Å². The molecule has 7 heteroatoms. The van der Waals surface area contributed by atoms with Gasteiger partial charge in [-0.2, -0.15) is 5.26 Å². The van der Waals surface area contributed by atoms with Crippen molar-refractivity contribution in [1.82, 2.24) is 9.55 Å². The number of nitrogens with one attached hydrogen (secondary N) is 1. The lowest BCUT2D eigenvalue weighted by Gasteiger charge is -2.12. The fourth-order valence-electron chi connectivity index (χ4n) is 3.50. The molecule has 0 bridgehead atoms. The van der Waals surface area contributed by atoms with Crippen molar-refractivity contribution in [2.75, 3.05) is 5.32 Å². The predicted octanol–water partition coefficient (Wildman–Crippen LogP) is 4.71. The van der Waals surface area contributed by atoms with Gasteiger partial charge in [-0.25, -0.2) is 4.98 Å². The van der Waals surface area contributed by atoms with E-state index in [-0.39, 0.29) is 24.4 Å². The fraction of sp³-hybridized carbons (Fsp3) is 0.154. The van der Waals surface area contributed by atoms with Crippen molar-refractivity contribution in [3.63, 3.8) is 0 Å². The van der Waals surface area contributed by atoms with E-state index in [0.29, 0.717) is 33.7 Å². The predicted molar refractivity (Wildman–Crippen MR) is 126 cm³/mol. The van der Waals surface area contributed by atoms with Crippen molar-refractivity contribution >= 4 is 22.5 Å². The molecule has 3 aromatic carbocycles. The molecular weight excluding hydrogens is 416 g/mol. The van der Waals surface area contributed by atoms with Crippen LogP contribution in [0, 0.1) is 25.2 Å². The SMILES string of the molecule is Cc1cc(Oc2ccc(C#N)cc2)ccc1NC(=O)CCn1cnc2c(C)cccc2c1=O. The van der Waals surface area contributed by atoms with Crippen LogP contribution in [-0.2, 0) is 11.3 Å². The van der Waals surface area contributed by atoms with Crippen molar-refractivity contribution in [2.24, 2.45) is 0 Å². The van der Waals surface area contributed by atoms with Crippen molar-refractivity contribution in [2.45, 2.75) is 26.8 Å². The standard InChI is InChI=1S/C26H22N4O3/c1-17-4-3-5-22-25(17)28-16-30(26(22)32)13-12-24(31)29-23-11-10-21(14-18(23)2)33-20-8-6-19(15-27)7-9-20/h3-11,14,16H,12-13H2,1-2H3,(H,29,31). The smallest absolute Gasteiger partial charge is 0.261 e. The Hall–Kier alpha value is -4.44. The Kier molecular flexibility index (Phi) is 6.18. The van der Waals surface area contributed by atoms with E-state index < -0.39 is 0 Å². The lowest BCUT2D eigenvalue weighted by molar-refractivity contribution is -0.116. The van der Waals surface area contributed by atoms with Gasteiger partial charge in [0.2, 0.25) is 5.91 Å². The molecule has 1 aromatic heterocycles. The Labute approximate surface area is 190 Å². The summed E-state index contributed by atoms with van der Waals surface area (Å²) in [6.07, 6.45) is 1.63. The molecule has 0 saturated heterocycles.